The van der Waals surface area contributed by atoms with E-state index in [1.807, 2.05) is 0 Å². The van der Waals surface area contributed by atoms with Gasteiger partial charge in [-0.1, -0.05) is 78.6 Å². The van der Waals surface area contributed by atoms with Gasteiger partial charge >= 0.3 is 0 Å². The molecule has 0 atom stereocenters. The van der Waals surface area contributed by atoms with Crippen molar-refractivity contribution in [2.45, 2.75) is 97.8 Å². The Bertz CT molecular complexity index is 148. The van der Waals surface area contributed by atoms with Crippen molar-refractivity contribution in [2.75, 3.05) is 19.6 Å². The molecule has 0 spiro atoms. The summed E-state index contributed by atoms with van der Waals surface area (Å²) in [5.41, 5.74) is 0. The van der Waals surface area contributed by atoms with Gasteiger partial charge in [0.1, 0.15) is 0 Å². The Balaban J connectivity index is 3.40. The molecule has 0 bridgehead atoms. The molecule has 0 heterocycles. The van der Waals surface area contributed by atoms with Gasteiger partial charge in [0.15, 0.2) is 0 Å². The predicted molar refractivity (Wildman–Crippen MR) is 88.9 cm³/mol. The van der Waals surface area contributed by atoms with Crippen molar-refractivity contribution in [3.63, 3.8) is 0 Å². The maximum Gasteiger partial charge on any atom is -0.00187 e. The van der Waals surface area contributed by atoms with E-state index < -0.39 is 0 Å². The van der Waals surface area contributed by atoms with Gasteiger partial charge in [-0.25, -0.2) is 0 Å². The van der Waals surface area contributed by atoms with Crippen LogP contribution in [0.5, 0.6) is 0 Å². The standard InChI is InChI=1S/C18H39N/c1-4-7-10-11-12-13-14-15-18-19(16-8-5-2)17-9-6-3/h4-18H2,1-3H3. The molecule has 1 heteroatoms. The van der Waals surface area contributed by atoms with Crippen LogP contribution in [0.25, 0.3) is 0 Å². The van der Waals surface area contributed by atoms with Crippen LogP contribution in [0, 0.1) is 0 Å². The summed E-state index contributed by atoms with van der Waals surface area (Å²) in [6, 6.07) is 0. The number of hydrogen-bond acceptors (Lipinski definition) is 1. The van der Waals surface area contributed by atoms with Crippen LogP contribution in [-0.4, -0.2) is 24.5 Å². The average molecular weight is 270 g/mol. The highest BCUT2D eigenvalue weighted by Gasteiger charge is 2.03. The van der Waals surface area contributed by atoms with Gasteiger partial charge in [-0.15, -0.1) is 0 Å². The summed E-state index contributed by atoms with van der Waals surface area (Å²) >= 11 is 0. The van der Waals surface area contributed by atoms with Gasteiger partial charge in [-0.3, -0.25) is 0 Å². The van der Waals surface area contributed by atoms with Crippen molar-refractivity contribution in [3.8, 4) is 0 Å². The minimum absolute atomic E-state index is 1.33. The third-order valence-corrected chi connectivity index (χ3v) is 3.98. The summed E-state index contributed by atoms with van der Waals surface area (Å²) in [5, 5.41) is 0. The SMILES string of the molecule is CCCCCCCCCCN(CCCC)CCCC. The summed E-state index contributed by atoms with van der Waals surface area (Å²) in [7, 11) is 0. The highest BCUT2D eigenvalue weighted by atomic mass is 15.1. The molecule has 0 saturated carbocycles. The molecule has 0 rings (SSSR count). The van der Waals surface area contributed by atoms with E-state index in [0.717, 1.165) is 0 Å². The Kier molecular flexibility index (Phi) is 16.0. The van der Waals surface area contributed by atoms with E-state index in [2.05, 4.69) is 25.7 Å². The molecule has 0 saturated heterocycles. The van der Waals surface area contributed by atoms with Crippen molar-refractivity contribution < 1.29 is 0 Å². The van der Waals surface area contributed by atoms with Crippen LogP contribution in [0.4, 0.5) is 0 Å². The highest BCUT2D eigenvalue weighted by Crippen LogP contribution is 2.09. The summed E-state index contributed by atoms with van der Waals surface area (Å²) in [6.07, 6.45) is 16.9. The van der Waals surface area contributed by atoms with Crippen LogP contribution in [0.2, 0.25) is 0 Å². The zero-order valence-electron chi connectivity index (χ0n) is 14.1. The molecule has 0 aromatic carbocycles. The molecule has 1 nitrogen and oxygen atoms in total. The smallest absolute Gasteiger partial charge is 0.00187 e. The molecule has 19 heavy (non-hydrogen) atoms. The van der Waals surface area contributed by atoms with Crippen molar-refractivity contribution in [1.82, 2.24) is 4.90 Å². The molecular formula is C18H39N. The number of nitrogens with zero attached hydrogens (tertiary/aromatic N) is 1. The summed E-state index contributed by atoms with van der Waals surface area (Å²) in [6.45, 7) is 10.9. The first-order valence-corrected chi connectivity index (χ1v) is 9.07. The Morgan fingerprint density at radius 3 is 1.26 bits per heavy atom. The Hall–Kier alpha value is -0.0400. The fourth-order valence-corrected chi connectivity index (χ4v) is 2.57. The zero-order valence-corrected chi connectivity index (χ0v) is 14.1. The molecule has 0 N–H and O–H groups in total. The first-order valence-electron chi connectivity index (χ1n) is 9.07. The van der Waals surface area contributed by atoms with Gasteiger partial charge in [-0.2, -0.15) is 0 Å². The van der Waals surface area contributed by atoms with Gasteiger partial charge in [0, 0.05) is 0 Å². The lowest BCUT2D eigenvalue weighted by Gasteiger charge is -2.21. The highest BCUT2D eigenvalue weighted by molar-refractivity contribution is 4.58. The maximum absolute atomic E-state index is 2.70. The van der Waals surface area contributed by atoms with Crippen molar-refractivity contribution in [3.05, 3.63) is 0 Å². The third kappa shape index (κ3) is 14.2. The first kappa shape index (κ1) is 19.0. The van der Waals surface area contributed by atoms with E-state index in [9.17, 15) is 0 Å². The predicted octanol–water partition coefficient (Wildman–Crippen LogP) is 6.03. The molecule has 0 aliphatic rings. The average Bonchev–Trinajstić information content (AvgIpc) is 2.43. The normalized spacial score (nSPS) is 11.4. The van der Waals surface area contributed by atoms with Crippen LogP contribution < -0.4 is 0 Å². The van der Waals surface area contributed by atoms with E-state index in [4.69, 9.17) is 0 Å². The lowest BCUT2D eigenvalue weighted by atomic mass is 10.1. The summed E-state index contributed by atoms with van der Waals surface area (Å²) in [4.78, 5) is 2.70. The molecule has 0 aromatic heterocycles. The van der Waals surface area contributed by atoms with E-state index in [0.29, 0.717) is 0 Å². The van der Waals surface area contributed by atoms with E-state index >= 15 is 0 Å². The van der Waals surface area contributed by atoms with Gasteiger partial charge < -0.3 is 4.90 Å². The van der Waals surface area contributed by atoms with Gasteiger partial charge in [-0.05, 0) is 38.9 Å². The molecule has 0 radical (unpaired) electrons. The molecule has 0 aromatic rings. The Morgan fingerprint density at radius 2 is 0.789 bits per heavy atom. The monoisotopic (exact) mass is 269 g/mol. The second-order valence-electron chi connectivity index (χ2n) is 6.02. The lowest BCUT2D eigenvalue weighted by Crippen LogP contribution is -2.27. The second kappa shape index (κ2) is 16.0. The minimum atomic E-state index is 1.33. The van der Waals surface area contributed by atoms with Crippen LogP contribution in [0.15, 0.2) is 0 Å². The lowest BCUT2D eigenvalue weighted by molar-refractivity contribution is 0.259. The van der Waals surface area contributed by atoms with Crippen LogP contribution >= 0.6 is 0 Å². The van der Waals surface area contributed by atoms with Gasteiger partial charge in [0.2, 0.25) is 0 Å². The number of hydrogen-bond donors (Lipinski definition) is 0. The molecule has 0 aliphatic heterocycles. The fraction of sp³-hybridized carbons (Fsp3) is 1.00. The first-order chi connectivity index (χ1) is 9.35. The number of unbranched alkanes of at least 4 members (excludes halogenated alkanes) is 9. The van der Waals surface area contributed by atoms with Crippen molar-refractivity contribution in [2.24, 2.45) is 0 Å². The van der Waals surface area contributed by atoms with Crippen molar-refractivity contribution in [1.29, 1.82) is 0 Å². The molecule has 0 amide bonds. The van der Waals surface area contributed by atoms with E-state index in [1.54, 1.807) is 0 Å². The summed E-state index contributed by atoms with van der Waals surface area (Å²) in [5.74, 6) is 0. The second-order valence-corrected chi connectivity index (χ2v) is 6.02. The molecule has 0 aliphatic carbocycles. The topological polar surface area (TPSA) is 3.24 Å². The zero-order chi connectivity index (χ0) is 14.2. The minimum Gasteiger partial charge on any atom is -0.303 e. The van der Waals surface area contributed by atoms with Gasteiger partial charge in [0.05, 0.1) is 0 Å². The molecule has 0 fully saturated rings. The fourth-order valence-electron chi connectivity index (χ4n) is 2.57. The third-order valence-electron chi connectivity index (χ3n) is 3.98. The van der Waals surface area contributed by atoms with Gasteiger partial charge in [0.25, 0.3) is 0 Å². The van der Waals surface area contributed by atoms with Crippen LogP contribution in [-0.2, 0) is 0 Å². The van der Waals surface area contributed by atoms with Crippen molar-refractivity contribution >= 4 is 0 Å². The summed E-state index contributed by atoms with van der Waals surface area (Å²) < 4.78 is 0. The van der Waals surface area contributed by atoms with Crippen LogP contribution in [0.1, 0.15) is 97.8 Å². The van der Waals surface area contributed by atoms with E-state index in [-0.39, 0.29) is 0 Å². The maximum atomic E-state index is 2.70. The number of rotatable bonds is 15. The van der Waals surface area contributed by atoms with Crippen LogP contribution in [0.3, 0.4) is 0 Å². The molecule has 116 valence electrons. The largest absolute Gasteiger partial charge is 0.303 e. The molecule has 0 unspecified atom stereocenters. The molecular weight excluding hydrogens is 230 g/mol. The van der Waals surface area contributed by atoms with E-state index in [1.165, 1.54) is 96.7 Å². The Morgan fingerprint density at radius 1 is 0.421 bits per heavy atom. The quantitative estimate of drug-likeness (QED) is 0.328. The Labute approximate surface area is 123 Å².